The predicted molar refractivity (Wildman–Crippen MR) is 92.8 cm³/mol. The van der Waals surface area contributed by atoms with Crippen LogP contribution in [0.2, 0.25) is 0 Å². The Morgan fingerprint density at radius 2 is 2.26 bits per heavy atom. The lowest BCUT2D eigenvalue weighted by molar-refractivity contribution is 0.0711. The van der Waals surface area contributed by atoms with Crippen molar-refractivity contribution in [3.05, 3.63) is 52.2 Å². The van der Waals surface area contributed by atoms with Crippen LogP contribution in [0.3, 0.4) is 0 Å². The van der Waals surface area contributed by atoms with Gasteiger partial charge in [-0.3, -0.25) is 4.99 Å². The lowest BCUT2D eigenvalue weighted by Gasteiger charge is -2.27. The smallest absolute Gasteiger partial charge is 0.189 e. The zero-order valence-corrected chi connectivity index (χ0v) is 13.8. The Bertz CT molecular complexity index is 683. The van der Waals surface area contributed by atoms with Crippen molar-refractivity contribution in [1.29, 1.82) is 0 Å². The van der Waals surface area contributed by atoms with E-state index in [0.717, 1.165) is 22.6 Å². The number of rotatable bonds is 4. The number of nitrogens with one attached hydrogen (secondary N) is 1. The number of guanidine groups is 1. The summed E-state index contributed by atoms with van der Waals surface area (Å²) in [4.78, 5) is 5.20. The van der Waals surface area contributed by atoms with Gasteiger partial charge in [0.15, 0.2) is 5.96 Å². The van der Waals surface area contributed by atoms with Gasteiger partial charge in [-0.2, -0.15) is 0 Å². The van der Waals surface area contributed by atoms with Crippen molar-refractivity contribution in [1.82, 2.24) is 5.32 Å². The molecule has 1 aromatic heterocycles. The van der Waals surface area contributed by atoms with Gasteiger partial charge in [-0.05, 0) is 24.4 Å². The summed E-state index contributed by atoms with van der Waals surface area (Å²) in [7, 11) is 0. The maximum atomic E-state index is 10.5. The summed E-state index contributed by atoms with van der Waals surface area (Å²) in [5.41, 5.74) is 6.09. The number of nitrogens with two attached hydrogens (primary N) is 1. The first-order valence-electron chi connectivity index (χ1n) is 7.61. The third-order valence-electron chi connectivity index (χ3n) is 3.89. The molecule has 0 saturated carbocycles. The third kappa shape index (κ3) is 3.65. The molecule has 0 amide bonds. The fourth-order valence-electron chi connectivity index (χ4n) is 2.62. The molecule has 23 heavy (non-hydrogen) atoms. The molecule has 0 bridgehead atoms. The van der Waals surface area contributed by atoms with E-state index in [1.807, 2.05) is 41.8 Å². The van der Waals surface area contributed by atoms with Gasteiger partial charge in [0.25, 0.3) is 0 Å². The van der Waals surface area contributed by atoms with E-state index in [9.17, 15) is 5.11 Å². The van der Waals surface area contributed by atoms with Gasteiger partial charge >= 0.3 is 0 Å². The minimum Gasteiger partial charge on any atom is -0.493 e. The molecule has 5 nitrogen and oxygen atoms in total. The zero-order chi connectivity index (χ0) is 16.3. The Morgan fingerprint density at radius 3 is 3.04 bits per heavy atom. The first kappa shape index (κ1) is 15.8. The molecule has 0 spiro atoms. The minimum atomic E-state index is -1.01. The highest BCUT2D eigenvalue weighted by Crippen LogP contribution is 2.31. The summed E-state index contributed by atoms with van der Waals surface area (Å²) >= 11 is 1.51. The van der Waals surface area contributed by atoms with Gasteiger partial charge in [0.1, 0.15) is 11.4 Å². The number of thiophene rings is 1. The highest BCUT2D eigenvalue weighted by molar-refractivity contribution is 7.10. The van der Waals surface area contributed by atoms with Crippen LogP contribution in [0.25, 0.3) is 0 Å². The van der Waals surface area contributed by atoms with E-state index in [-0.39, 0.29) is 12.6 Å². The van der Waals surface area contributed by atoms with Gasteiger partial charge < -0.3 is 20.9 Å². The zero-order valence-electron chi connectivity index (χ0n) is 13.0. The number of hydrogen-bond donors (Lipinski definition) is 3. The normalized spacial score (nSPS) is 20.3. The molecule has 2 aromatic rings. The topological polar surface area (TPSA) is 79.9 Å². The van der Waals surface area contributed by atoms with Crippen LogP contribution in [0, 0.1) is 0 Å². The van der Waals surface area contributed by atoms with Crippen molar-refractivity contribution in [3.63, 3.8) is 0 Å². The molecule has 6 heteroatoms. The summed E-state index contributed by atoms with van der Waals surface area (Å²) in [5.74, 6) is 1.22. The molecule has 2 unspecified atom stereocenters. The fraction of sp³-hybridized carbons (Fsp3) is 0.353. The quantitative estimate of drug-likeness (QED) is 0.594. The van der Waals surface area contributed by atoms with Gasteiger partial charge in [0, 0.05) is 16.9 Å². The molecule has 3 rings (SSSR count). The van der Waals surface area contributed by atoms with E-state index in [0.29, 0.717) is 12.6 Å². The van der Waals surface area contributed by atoms with Crippen LogP contribution in [0.1, 0.15) is 29.8 Å². The van der Waals surface area contributed by atoms with Crippen LogP contribution in [0.15, 0.2) is 46.8 Å². The molecular weight excluding hydrogens is 310 g/mol. The van der Waals surface area contributed by atoms with Crippen LogP contribution in [-0.4, -0.2) is 24.2 Å². The lowest BCUT2D eigenvalue weighted by Crippen LogP contribution is -2.38. The van der Waals surface area contributed by atoms with Gasteiger partial charge in [-0.15, -0.1) is 11.3 Å². The number of benzene rings is 1. The SMILES string of the molecule is CC(O)(CN=C(N)NC1CCOc2ccccc21)c1cccs1. The number of ether oxygens (including phenoxy) is 1. The van der Waals surface area contributed by atoms with Crippen molar-refractivity contribution in [2.45, 2.75) is 25.0 Å². The third-order valence-corrected chi connectivity index (χ3v) is 5.01. The summed E-state index contributed by atoms with van der Waals surface area (Å²) in [6, 6.07) is 11.8. The Kier molecular flexibility index (Phi) is 4.54. The van der Waals surface area contributed by atoms with E-state index in [4.69, 9.17) is 10.5 Å². The van der Waals surface area contributed by atoms with Crippen molar-refractivity contribution < 1.29 is 9.84 Å². The van der Waals surface area contributed by atoms with E-state index in [2.05, 4.69) is 10.3 Å². The predicted octanol–water partition coefficient (Wildman–Crippen LogP) is 2.38. The number of aliphatic hydroxyl groups is 1. The second-order valence-electron chi connectivity index (χ2n) is 5.82. The van der Waals surface area contributed by atoms with Crippen molar-refractivity contribution in [3.8, 4) is 5.75 Å². The van der Waals surface area contributed by atoms with E-state index in [1.165, 1.54) is 11.3 Å². The average Bonchev–Trinajstić information content (AvgIpc) is 3.09. The molecule has 4 N–H and O–H groups in total. The molecule has 0 aliphatic carbocycles. The molecular formula is C17H21N3O2S. The summed E-state index contributed by atoms with van der Waals surface area (Å²) < 4.78 is 5.64. The van der Waals surface area contributed by atoms with E-state index in [1.54, 1.807) is 6.92 Å². The van der Waals surface area contributed by atoms with Crippen LogP contribution >= 0.6 is 11.3 Å². The van der Waals surface area contributed by atoms with E-state index >= 15 is 0 Å². The number of aliphatic imine (C=N–C) groups is 1. The number of para-hydroxylation sites is 1. The van der Waals surface area contributed by atoms with Crippen LogP contribution in [-0.2, 0) is 5.60 Å². The number of hydrogen-bond acceptors (Lipinski definition) is 4. The molecule has 0 saturated heterocycles. The van der Waals surface area contributed by atoms with Gasteiger partial charge in [-0.1, -0.05) is 24.3 Å². The largest absolute Gasteiger partial charge is 0.493 e. The Balaban J connectivity index is 1.67. The summed E-state index contributed by atoms with van der Waals surface area (Å²) in [6.07, 6.45) is 0.828. The molecule has 2 atom stereocenters. The van der Waals surface area contributed by atoms with Gasteiger partial charge in [0.2, 0.25) is 0 Å². The Hall–Kier alpha value is -2.05. The molecule has 0 fully saturated rings. The minimum absolute atomic E-state index is 0.0791. The standard InChI is InChI=1S/C17H21N3O2S/c1-17(21,15-7-4-10-23-15)11-19-16(18)20-13-8-9-22-14-6-3-2-5-12(13)14/h2-7,10,13,21H,8-9,11H2,1H3,(H3,18,19,20). The van der Waals surface area contributed by atoms with Gasteiger partial charge in [0.05, 0.1) is 19.2 Å². The molecule has 1 aromatic carbocycles. The second-order valence-corrected chi connectivity index (χ2v) is 6.77. The maximum absolute atomic E-state index is 10.5. The molecule has 0 radical (unpaired) electrons. The first-order valence-corrected chi connectivity index (χ1v) is 8.49. The van der Waals surface area contributed by atoms with Crippen LogP contribution < -0.4 is 15.8 Å². The summed E-state index contributed by atoms with van der Waals surface area (Å²) in [5, 5.41) is 15.7. The number of nitrogens with zero attached hydrogens (tertiary/aromatic N) is 1. The monoisotopic (exact) mass is 331 g/mol. The van der Waals surface area contributed by atoms with Gasteiger partial charge in [-0.25, -0.2) is 0 Å². The molecule has 122 valence electrons. The lowest BCUT2D eigenvalue weighted by atomic mass is 10.0. The van der Waals surface area contributed by atoms with Crippen molar-refractivity contribution in [2.24, 2.45) is 10.7 Å². The second kappa shape index (κ2) is 6.60. The Labute approximate surface area is 139 Å². The summed E-state index contributed by atoms with van der Waals surface area (Å²) in [6.45, 7) is 2.62. The molecule has 2 heterocycles. The van der Waals surface area contributed by atoms with Crippen LogP contribution in [0.4, 0.5) is 0 Å². The fourth-order valence-corrected chi connectivity index (χ4v) is 3.40. The number of fused-ring (bicyclic) bond motifs is 1. The van der Waals surface area contributed by atoms with E-state index < -0.39 is 5.60 Å². The molecule has 1 aliphatic rings. The molecule has 1 aliphatic heterocycles. The Morgan fingerprint density at radius 1 is 1.43 bits per heavy atom. The highest BCUT2D eigenvalue weighted by atomic mass is 32.1. The average molecular weight is 331 g/mol. The van der Waals surface area contributed by atoms with Crippen molar-refractivity contribution >= 4 is 17.3 Å². The maximum Gasteiger partial charge on any atom is 0.189 e. The van der Waals surface area contributed by atoms with Crippen LogP contribution in [0.5, 0.6) is 5.75 Å². The highest BCUT2D eigenvalue weighted by Gasteiger charge is 2.25. The first-order chi connectivity index (χ1) is 11.1. The van der Waals surface area contributed by atoms with Crippen molar-refractivity contribution in [2.75, 3.05) is 13.2 Å².